The Morgan fingerprint density at radius 3 is 1.93 bits per heavy atom. The number of pyridine rings is 2. The van der Waals surface area contributed by atoms with Crippen molar-refractivity contribution < 1.29 is 14.0 Å². The smallest absolute Gasteiger partial charge is 0.171 e. The number of ether oxygens (including phenoxy) is 2. The Labute approximate surface area is 249 Å². The number of aromatic nitrogens is 2. The molecule has 0 saturated heterocycles. The van der Waals surface area contributed by atoms with E-state index in [4.69, 9.17) is 15.0 Å². The average Bonchev–Trinajstić information content (AvgIpc) is 2.97. The lowest BCUT2D eigenvalue weighted by Crippen LogP contribution is -2.33. The number of azide groups is 1. The number of rotatable bonds is 26. The molecule has 7 nitrogen and oxygen atoms in total. The fourth-order valence-electron chi connectivity index (χ4n) is 4.71. The molecule has 0 aliphatic carbocycles. The maximum absolute atomic E-state index is 8.25. The zero-order chi connectivity index (χ0) is 27.5. The number of halogens is 1. The molecule has 0 saturated carbocycles. The van der Waals surface area contributed by atoms with Gasteiger partial charge in [-0.1, -0.05) is 56.1 Å². The summed E-state index contributed by atoms with van der Waals surface area (Å²) in [4.78, 5) is 6.94. The largest absolute Gasteiger partial charge is 0.381 e. The first kappa shape index (κ1) is 35.8. The van der Waals surface area contributed by atoms with E-state index in [1.54, 1.807) is 0 Å². The molecular weight excluding hydrogens is 522 g/mol. The summed E-state index contributed by atoms with van der Waals surface area (Å²) in [6.07, 6.45) is 27.2. The molecule has 0 aliphatic rings. The van der Waals surface area contributed by atoms with Gasteiger partial charge in [0.25, 0.3) is 0 Å². The molecule has 8 heteroatoms. The molecule has 0 bridgehead atoms. The van der Waals surface area contributed by atoms with Crippen LogP contribution < -0.4 is 4.57 Å². The Bertz CT molecular complexity index is 881. The highest BCUT2D eigenvalue weighted by atomic mass is 35.5. The highest BCUT2D eigenvalue weighted by Crippen LogP contribution is 2.09. The van der Waals surface area contributed by atoms with Gasteiger partial charge in [0.1, 0.15) is 6.54 Å². The maximum Gasteiger partial charge on any atom is 0.171 e. The molecule has 0 aromatic carbocycles. The van der Waals surface area contributed by atoms with Gasteiger partial charge in [0.15, 0.2) is 12.4 Å². The minimum Gasteiger partial charge on any atom is -0.381 e. The Kier molecular flexibility index (Phi) is 24.2. The van der Waals surface area contributed by atoms with Crippen molar-refractivity contribution in [3.05, 3.63) is 70.6 Å². The summed E-state index contributed by atoms with van der Waals surface area (Å²) in [5.74, 6) is 0. The van der Waals surface area contributed by atoms with Crippen LogP contribution in [0.15, 0.2) is 54.2 Å². The zero-order valence-corrected chi connectivity index (χ0v) is 25.5. The topological polar surface area (TPSA) is 84.0 Å². The van der Waals surface area contributed by atoms with Gasteiger partial charge in [0.05, 0.1) is 0 Å². The lowest BCUT2D eigenvalue weighted by atomic mass is 10.1. The average molecular weight is 575 g/mol. The van der Waals surface area contributed by atoms with Crippen molar-refractivity contribution in [3.8, 4) is 0 Å². The van der Waals surface area contributed by atoms with E-state index < -0.39 is 0 Å². The number of hydrogen-bond donors (Lipinski definition) is 0. The number of hydrogen-bond acceptors (Lipinski definition) is 4. The third-order valence-corrected chi connectivity index (χ3v) is 6.97. The molecule has 2 aromatic heterocycles. The monoisotopic (exact) mass is 574 g/mol. The summed E-state index contributed by atoms with van der Waals surface area (Å²) in [6.45, 7) is 5.19. The van der Waals surface area contributed by atoms with Crippen molar-refractivity contribution >= 4 is 12.4 Å². The molecule has 0 fully saturated rings. The Morgan fingerprint density at radius 2 is 1.27 bits per heavy atom. The van der Waals surface area contributed by atoms with Crippen molar-refractivity contribution in [2.75, 3.05) is 33.0 Å². The van der Waals surface area contributed by atoms with Crippen LogP contribution >= 0.6 is 12.4 Å². The van der Waals surface area contributed by atoms with Gasteiger partial charge in [-0.25, -0.2) is 4.57 Å². The molecule has 2 heterocycles. The highest BCUT2D eigenvalue weighted by molar-refractivity contribution is 5.85. The number of unbranched alkanes of at least 4 members (excludes halogenated alkanes) is 10. The van der Waals surface area contributed by atoms with Crippen LogP contribution in [0.4, 0.5) is 0 Å². The van der Waals surface area contributed by atoms with Gasteiger partial charge < -0.3 is 9.47 Å². The molecule has 0 amide bonds. The van der Waals surface area contributed by atoms with E-state index in [-0.39, 0.29) is 12.4 Å². The second kappa shape index (κ2) is 27.0. The summed E-state index contributed by atoms with van der Waals surface area (Å²) in [5.41, 5.74) is 10.9. The maximum atomic E-state index is 8.25. The van der Waals surface area contributed by atoms with Gasteiger partial charge in [-0.2, -0.15) is 0 Å². The fourth-order valence-corrected chi connectivity index (χ4v) is 4.71. The van der Waals surface area contributed by atoms with Crippen LogP contribution in [0.2, 0.25) is 0 Å². The quantitative estimate of drug-likeness (QED) is 0.0372. The van der Waals surface area contributed by atoms with Crippen molar-refractivity contribution in [3.63, 3.8) is 0 Å². The minimum atomic E-state index is 0. The van der Waals surface area contributed by atoms with E-state index >= 15 is 0 Å². The molecule has 0 radical (unpaired) electrons. The van der Waals surface area contributed by atoms with Crippen molar-refractivity contribution in [2.24, 2.45) is 5.11 Å². The molecule has 2 aromatic rings. The van der Waals surface area contributed by atoms with Crippen LogP contribution in [-0.4, -0.2) is 38.0 Å². The molecule has 40 heavy (non-hydrogen) atoms. The molecule has 0 spiro atoms. The molecule has 0 N–H and O–H groups in total. The van der Waals surface area contributed by atoms with E-state index in [0.717, 1.165) is 71.5 Å². The summed E-state index contributed by atoms with van der Waals surface area (Å²) in [7, 11) is 0. The molecular formula is C32H53ClN5O2+. The van der Waals surface area contributed by atoms with E-state index in [1.165, 1.54) is 75.3 Å². The van der Waals surface area contributed by atoms with Crippen LogP contribution in [0.1, 0.15) is 101 Å². The third-order valence-electron chi connectivity index (χ3n) is 6.97. The second-order valence-electron chi connectivity index (χ2n) is 10.4. The highest BCUT2D eigenvalue weighted by Gasteiger charge is 2.03. The Balaban J connectivity index is 0.00000800. The van der Waals surface area contributed by atoms with E-state index in [0.29, 0.717) is 6.54 Å². The number of aryl methyl sites for hydroxylation is 3. The minimum absolute atomic E-state index is 0. The SMILES string of the molecule is Cl.[N-]=[N+]=NCCCCCCCCCCOCCCc1ccc[n+](CCCCCCOCCCc2cccnc2)c1. The first-order valence-corrected chi connectivity index (χ1v) is 15.4. The third kappa shape index (κ3) is 20.7. The van der Waals surface area contributed by atoms with Crippen molar-refractivity contribution in [2.45, 2.75) is 109 Å². The fraction of sp³-hybridized carbons (Fsp3) is 0.688. The van der Waals surface area contributed by atoms with Gasteiger partial charge in [0.2, 0.25) is 0 Å². The summed E-state index contributed by atoms with van der Waals surface area (Å²) in [6, 6.07) is 8.53. The first-order chi connectivity index (χ1) is 19.4. The summed E-state index contributed by atoms with van der Waals surface area (Å²) in [5, 5.41) is 3.58. The van der Waals surface area contributed by atoms with Gasteiger partial charge in [-0.15, -0.1) is 12.4 Å². The molecule has 224 valence electrons. The van der Waals surface area contributed by atoms with E-state index in [9.17, 15) is 0 Å². The van der Waals surface area contributed by atoms with Gasteiger partial charge in [0, 0.05) is 68.3 Å². The molecule has 2 rings (SSSR count). The van der Waals surface area contributed by atoms with Gasteiger partial charge in [-0.3, -0.25) is 4.98 Å². The van der Waals surface area contributed by atoms with Crippen LogP contribution in [0.25, 0.3) is 10.4 Å². The summed E-state index contributed by atoms with van der Waals surface area (Å²) >= 11 is 0. The van der Waals surface area contributed by atoms with Crippen LogP contribution in [0, 0.1) is 0 Å². The lowest BCUT2D eigenvalue weighted by molar-refractivity contribution is -0.697. The normalized spacial score (nSPS) is 10.7. The molecule has 0 aliphatic heterocycles. The molecule has 0 unspecified atom stereocenters. The second-order valence-corrected chi connectivity index (χ2v) is 10.4. The van der Waals surface area contributed by atoms with Crippen molar-refractivity contribution in [1.82, 2.24) is 4.98 Å². The van der Waals surface area contributed by atoms with E-state index in [1.807, 2.05) is 18.5 Å². The van der Waals surface area contributed by atoms with Crippen LogP contribution in [-0.2, 0) is 28.9 Å². The number of nitrogens with zero attached hydrogens (tertiary/aromatic N) is 5. The predicted octanol–water partition coefficient (Wildman–Crippen LogP) is 8.38. The standard InChI is InChI=1S/C32H52N5O2.ClH/c33-36-35-22-9-5-3-1-2-4-7-11-25-39-28-16-20-32-18-14-24-37(30-32)23-10-6-8-12-26-38-27-15-19-31-17-13-21-34-29-31;/h13-14,17-18,21,24,29-30H,1-12,15-16,19-20,22-23,25-28H2;1H/q+1;. The lowest BCUT2D eigenvalue weighted by Gasteiger charge is -2.05. The van der Waals surface area contributed by atoms with Crippen LogP contribution in [0.3, 0.4) is 0 Å². The Morgan fingerprint density at radius 1 is 0.700 bits per heavy atom. The Hall–Kier alpha value is -2.18. The first-order valence-electron chi connectivity index (χ1n) is 15.4. The van der Waals surface area contributed by atoms with E-state index in [2.05, 4.69) is 50.2 Å². The predicted molar refractivity (Wildman–Crippen MR) is 166 cm³/mol. The van der Waals surface area contributed by atoms with Gasteiger partial charge >= 0.3 is 0 Å². The van der Waals surface area contributed by atoms with Crippen molar-refractivity contribution in [1.29, 1.82) is 0 Å². The molecule has 0 atom stereocenters. The summed E-state index contributed by atoms with van der Waals surface area (Å²) < 4.78 is 14.0. The zero-order valence-electron chi connectivity index (χ0n) is 24.6. The van der Waals surface area contributed by atoms with Gasteiger partial charge in [-0.05, 0) is 74.6 Å². The van der Waals surface area contributed by atoms with Crippen LogP contribution in [0.5, 0.6) is 0 Å².